The lowest BCUT2D eigenvalue weighted by molar-refractivity contribution is -0.231. The number of hydrogen-bond acceptors (Lipinski definition) is 10. The van der Waals surface area contributed by atoms with Crippen LogP contribution in [0.15, 0.2) is 18.2 Å². The van der Waals surface area contributed by atoms with E-state index in [4.69, 9.17) is 9.47 Å². The third kappa shape index (κ3) is 4.62. The van der Waals surface area contributed by atoms with Crippen LogP contribution in [0.5, 0.6) is 0 Å². The molecule has 31 heavy (non-hydrogen) atoms. The third-order valence-electron chi connectivity index (χ3n) is 5.82. The van der Waals surface area contributed by atoms with E-state index in [9.17, 15) is 40.9 Å². The Labute approximate surface area is 178 Å². The van der Waals surface area contributed by atoms with Crippen molar-refractivity contribution in [2.24, 2.45) is 0 Å². The Morgan fingerprint density at radius 3 is 1.97 bits per heavy atom. The van der Waals surface area contributed by atoms with E-state index in [1.165, 1.54) is 0 Å². The van der Waals surface area contributed by atoms with Gasteiger partial charge in [-0.15, -0.1) is 0 Å². The molecule has 10 atom stereocenters. The van der Waals surface area contributed by atoms with Crippen LogP contribution in [0.1, 0.15) is 22.8 Å². The summed E-state index contributed by atoms with van der Waals surface area (Å²) in [6.07, 6.45) is -13.2. The van der Waals surface area contributed by atoms with Crippen molar-refractivity contribution in [1.29, 1.82) is 0 Å². The zero-order chi connectivity index (χ0) is 22.9. The standard InChI is InChI=1S/C21H28O10/c1-9-10(5-6-12-15(24)18(27)16(25)13(7-22)30-12)3-2-4-11(9)21-20(29)19(28)17(26)14(8-23)31-21/h2-4,12-29H,7-8H2,1H3. The van der Waals surface area contributed by atoms with Gasteiger partial charge < -0.3 is 50.3 Å². The highest BCUT2D eigenvalue weighted by molar-refractivity contribution is 5.46. The highest BCUT2D eigenvalue weighted by Gasteiger charge is 2.45. The van der Waals surface area contributed by atoms with Gasteiger partial charge in [0.2, 0.25) is 0 Å². The molecule has 10 unspecified atom stereocenters. The van der Waals surface area contributed by atoms with Gasteiger partial charge in [0.15, 0.2) is 0 Å². The molecule has 172 valence electrons. The van der Waals surface area contributed by atoms with Gasteiger partial charge in [0, 0.05) is 5.56 Å². The zero-order valence-corrected chi connectivity index (χ0v) is 16.8. The predicted octanol–water partition coefficient (Wildman–Crippen LogP) is -3.30. The molecule has 0 bridgehead atoms. The molecule has 0 saturated carbocycles. The lowest BCUT2D eigenvalue weighted by atomic mass is 9.88. The van der Waals surface area contributed by atoms with Gasteiger partial charge in [0.05, 0.1) is 13.2 Å². The molecule has 2 aliphatic heterocycles. The van der Waals surface area contributed by atoms with E-state index in [1.807, 2.05) is 0 Å². The van der Waals surface area contributed by atoms with E-state index in [-0.39, 0.29) is 0 Å². The summed E-state index contributed by atoms with van der Waals surface area (Å²) in [5.41, 5.74) is 1.55. The van der Waals surface area contributed by atoms with Gasteiger partial charge in [-0.1, -0.05) is 24.0 Å². The first kappa shape index (κ1) is 24.0. The van der Waals surface area contributed by atoms with Crippen molar-refractivity contribution in [1.82, 2.24) is 0 Å². The maximum Gasteiger partial charge on any atom is 0.147 e. The Kier molecular flexibility index (Phi) is 7.67. The summed E-state index contributed by atoms with van der Waals surface area (Å²) in [6, 6.07) is 4.96. The number of rotatable bonds is 3. The molecular formula is C21H28O10. The van der Waals surface area contributed by atoms with Gasteiger partial charge in [0.1, 0.15) is 61.0 Å². The highest BCUT2D eigenvalue weighted by Crippen LogP contribution is 2.34. The molecule has 3 rings (SSSR count). The molecule has 1 aromatic carbocycles. The van der Waals surface area contributed by atoms with Crippen molar-refractivity contribution < 1.29 is 50.3 Å². The topological polar surface area (TPSA) is 180 Å². The molecule has 0 spiro atoms. The lowest BCUT2D eigenvalue weighted by Crippen LogP contribution is -2.58. The summed E-state index contributed by atoms with van der Waals surface area (Å²) in [7, 11) is 0. The van der Waals surface area contributed by atoms with Crippen LogP contribution >= 0.6 is 0 Å². The summed E-state index contributed by atoms with van der Waals surface area (Å²) in [6.45, 7) is 0.597. The third-order valence-corrected chi connectivity index (χ3v) is 5.82. The Bertz CT molecular complexity index is 816. The van der Waals surface area contributed by atoms with Crippen LogP contribution in [-0.4, -0.2) is 109 Å². The van der Waals surface area contributed by atoms with E-state index in [2.05, 4.69) is 11.8 Å². The lowest BCUT2D eigenvalue weighted by Gasteiger charge is -2.40. The van der Waals surface area contributed by atoms with Gasteiger partial charge in [-0.05, 0) is 24.1 Å². The fourth-order valence-electron chi connectivity index (χ4n) is 3.83. The summed E-state index contributed by atoms with van der Waals surface area (Å²) in [4.78, 5) is 0. The van der Waals surface area contributed by atoms with Crippen LogP contribution in [-0.2, 0) is 9.47 Å². The minimum atomic E-state index is -1.54. The minimum Gasteiger partial charge on any atom is -0.394 e. The fourth-order valence-corrected chi connectivity index (χ4v) is 3.83. The van der Waals surface area contributed by atoms with E-state index in [0.717, 1.165) is 0 Å². The van der Waals surface area contributed by atoms with Crippen molar-refractivity contribution in [3.8, 4) is 11.8 Å². The predicted molar refractivity (Wildman–Crippen MR) is 105 cm³/mol. The summed E-state index contributed by atoms with van der Waals surface area (Å²) < 4.78 is 11.0. The first-order chi connectivity index (χ1) is 14.7. The molecular weight excluding hydrogens is 412 g/mol. The molecule has 0 amide bonds. The van der Waals surface area contributed by atoms with Crippen molar-refractivity contribution >= 4 is 0 Å². The van der Waals surface area contributed by atoms with Gasteiger partial charge in [-0.25, -0.2) is 0 Å². The number of benzene rings is 1. The summed E-state index contributed by atoms with van der Waals surface area (Å²) >= 11 is 0. The molecule has 2 fully saturated rings. The van der Waals surface area contributed by atoms with Crippen molar-refractivity contribution in [3.63, 3.8) is 0 Å². The maximum absolute atomic E-state index is 10.4. The van der Waals surface area contributed by atoms with Gasteiger partial charge in [0.25, 0.3) is 0 Å². The van der Waals surface area contributed by atoms with Crippen molar-refractivity contribution in [3.05, 3.63) is 34.9 Å². The molecule has 2 aliphatic rings. The number of ether oxygens (including phenoxy) is 2. The van der Waals surface area contributed by atoms with Crippen molar-refractivity contribution in [2.45, 2.75) is 68.0 Å². The molecule has 10 nitrogen and oxygen atoms in total. The van der Waals surface area contributed by atoms with Crippen LogP contribution in [0.4, 0.5) is 0 Å². The quantitative estimate of drug-likeness (QED) is 0.222. The molecule has 0 aliphatic carbocycles. The molecule has 8 N–H and O–H groups in total. The largest absolute Gasteiger partial charge is 0.394 e. The van der Waals surface area contributed by atoms with Crippen LogP contribution in [0.25, 0.3) is 0 Å². The van der Waals surface area contributed by atoms with Crippen LogP contribution in [0.3, 0.4) is 0 Å². The normalized spacial score (nSPS) is 40.8. The number of aliphatic hydroxyl groups is 8. The first-order valence-corrected chi connectivity index (χ1v) is 9.93. The SMILES string of the molecule is Cc1c(C#CC2OC(CO)C(O)C(O)C2O)cccc1C1OC(CO)C(O)C(O)C1O. The average molecular weight is 440 g/mol. The molecule has 0 aromatic heterocycles. The summed E-state index contributed by atoms with van der Waals surface area (Å²) in [5.74, 6) is 5.51. The Hall–Kier alpha value is -1.62. The van der Waals surface area contributed by atoms with Gasteiger partial charge in [-0.2, -0.15) is 0 Å². The molecule has 0 radical (unpaired) electrons. The molecule has 2 heterocycles. The van der Waals surface area contributed by atoms with E-state index in [1.54, 1.807) is 25.1 Å². The summed E-state index contributed by atoms with van der Waals surface area (Å²) in [5, 5.41) is 79.0. The van der Waals surface area contributed by atoms with E-state index >= 15 is 0 Å². The molecule has 2 saturated heterocycles. The smallest absolute Gasteiger partial charge is 0.147 e. The van der Waals surface area contributed by atoms with Crippen LogP contribution in [0.2, 0.25) is 0 Å². The Morgan fingerprint density at radius 2 is 1.35 bits per heavy atom. The van der Waals surface area contributed by atoms with E-state index < -0.39 is 74.3 Å². The van der Waals surface area contributed by atoms with Gasteiger partial charge in [-0.3, -0.25) is 0 Å². The van der Waals surface area contributed by atoms with Crippen LogP contribution < -0.4 is 0 Å². The molecule has 1 aromatic rings. The fraction of sp³-hybridized carbons (Fsp3) is 0.619. The van der Waals surface area contributed by atoms with Gasteiger partial charge >= 0.3 is 0 Å². The Morgan fingerprint density at radius 1 is 0.774 bits per heavy atom. The average Bonchev–Trinajstić information content (AvgIpc) is 2.77. The second-order valence-corrected chi connectivity index (χ2v) is 7.79. The van der Waals surface area contributed by atoms with E-state index in [0.29, 0.717) is 16.7 Å². The maximum atomic E-state index is 10.4. The number of hydrogen-bond donors (Lipinski definition) is 8. The monoisotopic (exact) mass is 440 g/mol. The second-order valence-electron chi connectivity index (χ2n) is 7.79. The first-order valence-electron chi connectivity index (χ1n) is 9.93. The van der Waals surface area contributed by atoms with Crippen LogP contribution in [0, 0.1) is 18.8 Å². The highest BCUT2D eigenvalue weighted by atomic mass is 16.5. The second kappa shape index (κ2) is 9.89. The number of aliphatic hydroxyl groups excluding tert-OH is 8. The minimum absolute atomic E-state index is 0.478. The molecule has 10 heteroatoms. The zero-order valence-electron chi connectivity index (χ0n) is 16.8. The Balaban J connectivity index is 1.87. The van der Waals surface area contributed by atoms with Crippen molar-refractivity contribution in [2.75, 3.05) is 13.2 Å².